The zero-order valence-electron chi connectivity index (χ0n) is 11.8. The molecular weight excluding hydrogens is 252 g/mol. The molecule has 0 spiro atoms. The van der Waals surface area contributed by atoms with Crippen LogP contribution in [0.25, 0.3) is 0 Å². The average Bonchev–Trinajstić information content (AvgIpc) is 2.42. The zero-order chi connectivity index (χ0) is 14.0. The van der Waals surface area contributed by atoms with Gasteiger partial charge in [-0.3, -0.25) is 9.69 Å². The van der Waals surface area contributed by atoms with Crippen molar-refractivity contribution < 1.29 is 9.90 Å². The van der Waals surface area contributed by atoms with Crippen LogP contribution in [0.3, 0.4) is 0 Å². The third kappa shape index (κ3) is 1.36. The van der Waals surface area contributed by atoms with Crippen molar-refractivity contribution in [2.45, 2.75) is 31.1 Å². The third-order valence-corrected chi connectivity index (χ3v) is 5.69. The van der Waals surface area contributed by atoms with Crippen LogP contribution < -0.4 is 0 Å². The fourth-order valence-electron chi connectivity index (χ4n) is 4.94. The largest absolute Gasteiger partial charge is 0.480 e. The van der Waals surface area contributed by atoms with Crippen LogP contribution in [0.15, 0.2) is 30.3 Å². The van der Waals surface area contributed by atoms with Crippen LogP contribution in [-0.4, -0.2) is 52.6 Å². The predicted octanol–water partition coefficient (Wildman–Crippen LogP) is 1.44. The number of likely N-dealkylation sites (N-methyl/N-ethyl adjacent to an activating group) is 1. The van der Waals surface area contributed by atoms with E-state index in [-0.39, 0.29) is 0 Å². The lowest BCUT2D eigenvalue weighted by molar-refractivity contribution is -0.273. The molecule has 1 N–H and O–H groups in total. The first-order valence-electron chi connectivity index (χ1n) is 7.36. The molecule has 1 saturated carbocycles. The van der Waals surface area contributed by atoms with E-state index in [0.717, 1.165) is 12.1 Å². The number of carbonyl (C=O) groups is 1. The summed E-state index contributed by atoms with van der Waals surface area (Å²) in [7, 11) is 2.17. The van der Waals surface area contributed by atoms with Crippen LogP contribution in [0.5, 0.6) is 0 Å². The van der Waals surface area contributed by atoms with E-state index >= 15 is 0 Å². The molecular formula is C16H20N2O2. The van der Waals surface area contributed by atoms with Gasteiger partial charge in [0.2, 0.25) is 0 Å². The Hall–Kier alpha value is -1.39. The first-order valence-corrected chi connectivity index (χ1v) is 7.36. The fraction of sp³-hybridized carbons (Fsp3) is 0.562. The number of carboxylic acid groups (broad SMARTS) is 1. The van der Waals surface area contributed by atoms with Gasteiger partial charge in [0.1, 0.15) is 6.04 Å². The number of carboxylic acids is 1. The summed E-state index contributed by atoms with van der Waals surface area (Å²) in [6, 6.07) is 10.6. The van der Waals surface area contributed by atoms with Crippen LogP contribution in [0.2, 0.25) is 0 Å². The Morgan fingerprint density at radius 3 is 2.55 bits per heavy atom. The van der Waals surface area contributed by atoms with Gasteiger partial charge in [0.05, 0.1) is 0 Å². The number of fused-ring (bicyclic) bond motifs is 1. The summed E-state index contributed by atoms with van der Waals surface area (Å²) in [4.78, 5) is 16.5. The van der Waals surface area contributed by atoms with Gasteiger partial charge in [-0.25, -0.2) is 0 Å². The van der Waals surface area contributed by atoms with Crippen LogP contribution in [0.4, 0.5) is 0 Å². The number of piperidine rings is 3. The Morgan fingerprint density at radius 1 is 1.30 bits per heavy atom. The van der Waals surface area contributed by atoms with E-state index < -0.39 is 12.0 Å². The molecule has 6 unspecified atom stereocenters. The monoisotopic (exact) mass is 272 g/mol. The van der Waals surface area contributed by atoms with Gasteiger partial charge in [0, 0.05) is 24.7 Å². The van der Waals surface area contributed by atoms with E-state index in [4.69, 9.17) is 0 Å². The Balaban J connectivity index is 1.66. The minimum Gasteiger partial charge on any atom is -0.480 e. The van der Waals surface area contributed by atoms with E-state index in [0.29, 0.717) is 30.0 Å². The Kier molecular flexibility index (Phi) is 2.51. The van der Waals surface area contributed by atoms with Crippen molar-refractivity contribution >= 4 is 5.97 Å². The normalized spacial score (nSPS) is 40.6. The molecule has 4 nitrogen and oxygen atoms in total. The van der Waals surface area contributed by atoms with Gasteiger partial charge >= 0.3 is 5.97 Å². The summed E-state index contributed by atoms with van der Waals surface area (Å²) in [5, 5.41) is 9.69. The highest BCUT2D eigenvalue weighted by Gasteiger charge is 2.70. The molecule has 0 aromatic heterocycles. The average molecular weight is 272 g/mol. The Labute approximate surface area is 119 Å². The van der Waals surface area contributed by atoms with Crippen molar-refractivity contribution in [3.05, 3.63) is 35.9 Å². The highest BCUT2D eigenvalue weighted by molar-refractivity contribution is 5.76. The van der Waals surface area contributed by atoms with Crippen molar-refractivity contribution in [3.63, 3.8) is 0 Å². The molecule has 4 bridgehead atoms. The van der Waals surface area contributed by atoms with Crippen LogP contribution in [-0.2, 0) is 4.79 Å². The summed E-state index contributed by atoms with van der Waals surface area (Å²) >= 11 is 0. The summed E-state index contributed by atoms with van der Waals surface area (Å²) in [6.45, 7) is 3.32. The van der Waals surface area contributed by atoms with Crippen LogP contribution in [0, 0.1) is 11.8 Å². The maximum absolute atomic E-state index is 11.8. The molecule has 6 atom stereocenters. The molecule has 3 saturated heterocycles. The molecule has 1 aromatic carbocycles. The molecule has 4 heteroatoms. The van der Waals surface area contributed by atoms with Gasteiger partial charge in [-0.2, -0.15) is 0 Å². The van der Waals surface area contributed by atoms with Gasteiger partial charge < -0.3 is 10.0 Å². The van der Waals surface area contributed by atoms with Gasteiger partial charge in [0.15, 0.2) is 0 Å². The number of likely N-dealkylation sites (tertiary alicyclic amines) is 1. The molecule has 0 radical (unpaired) electrons. The summed E-state index contributed by atoms with van der Waals surface area (Å²) in [5.74, 6) is 0.703. The number of piperazine rings is 1. The molecule has 0 amide bonds. The number of aliphatic carboxylic acids is 1. The molecule has 1 aromatic rings. The lowest BCUT2D eigenvalue weighted by Gasteiger charge is -2.76. The summed E-state index contributed by atoms with van der Waals surface area (Å²) in [6.07, 6.45) is 0. The molecule has 5 rings (SSSR count). The van der Waals surface area contributed by atoms with Gasteiger partial charge in [0.25, 0.3) is 0 Å². The molecule has 1 aliphatic carbocycles. The highest BCUT2D eigenvalue weighted by Crippen LogP contribution is 2.59. The van der Waals surface area contributed by atoms with E-state index in [2.05, 4.69) is 23.8 Å². The Bertz CT molecular complexity index is 537. The van der Waals surface area contributed by atoms with Crippen molar-refractivity contribution in [2.24, 2.45) is 11.8 Å². The topological polar surface area (TPSA) is 43.8 Å². The standard InChI is InChI=1S/C16H20N2O2/c1-9-12-11-8-17(2)13(9)15(12)18(11)14(16(19)20)10-6-4-3-5-7-10/h3-7,9,11-15H,8H2,1-2H3,(H,19,20). The zero-order valence-corrected chi connectivity index (χ0v) is 11.8. The fourth-order valence-corrected chi connectivity index (χ4v) is 4.94. The lowest BCUT2D eigenvalue weighted by atomic mass is 9.51. The van der Waals surface area contributed by atoms with E-state index in [1.54, 1.807) is 0 Å². The SMILES string of the molecule is CC1C2C3CN(C)C1C2N3C(C(=O)O)c1ccccc1. The number of hydrogen-bond donors (Lipinski definition) is 1. The van der Waals surface area contributed by atoms with Crippen molar-refractivity contribution in [2.75, 3.05) is 13.6 Å². The van der Waals surface area contributed by atoms with E-state index in [1.165, 1.54) is 0 Å². The summed E-state index contributed by atoms with van der Waals surface area (Å²) in [5.41, 5.74) is 0.909. The minimum absolute atomic E-state index is 0.409. The second kappa shape index (κ2) is 4.06. The molecule has 106 valence electrons. The smallest absolute Gasteiger partial charge is 0.325 e. The Morgan fingerprint density at radius 2 is 2.00 bits per heavy atom. The maximum Gasteiger partial charge on any atom is 0.325 e. The van der Waals surface area contributed by atoms with E-state index in [1.807, 2.05) is 30.3 Å². The first kappa shape index (κ1) is 12.4. The summed E-state index contributed by atoms with van der Waals surface area (Å²) < 4.78 is 0. The number of benzene rings is 1. The predicted molar refractivity (Wildman–Crippen MR) is 75.3 cm³/mol. The molecule has 3 aliphatic heterocycles. The van der Waals surface area contributed by atoms with Gasteiger partial charge in [-0.1, -0.05) is 37.3 Å². The van der Waals surface area contributed by atoms with Gasteiger partial charge in [-0.05, 0) is 24.4 Å². The molecule has 3 heterocycles. The van der Waals surface area contributed by atoms with Crippen LogP contribution in [0.1, 0.15) is 18.5 Å². The number of rotatable bonds is 3. The number of nitrogens with zero attached hydrogens (tertiary/aromatic N) is 2. The van der Waals surface area contributed by atoms with Crippen LogP contribution >= 0.6 is 0 Å². The number of hydrogen-bond acceptors (Lipinski definition) is 3. The molecule has 4 aliphatic rings. The third-order valence-electron chi connectivity index (χ3n) is 5.69. The first-order chi connectivity index (χ1) is 9.61. The maximum atomic E-state index is 11.8. The quantitative estimate of drug-likeness (QED) is 0.904. The second-order valence-electron chi connectivity index (χ2n) is 6.52. The van der Waals surface area contributed by atoms with Gasteiger partial charge in [-0.15, -0.1) is 0 Å². The van der Waals surface area contributed by atoms with E-state index in [9.17, 15) is 9.90 Å². The minimum atomic E-state index is -0.720. The van der Waals surface area contributed by atoms with Crippen molar-refractivity contribution in [3.8, 4) is 0 Å². The highest BCUT2D eigenvalue weighted by atomic mass is 16.4. The van der Waals surface area contributed by atoms with Crippen molar-refractivity contribution in [1.29, 1.82) is 0 Å². The molecule has 20 heavy (non-hydrogen) atoms. The molecule has 4 fully saturated rings. The second-order valence-corrected chi connectivity index (χ2v) is 6.52. The lowest BCUT2D eigenvalue weighted by Crippen LogP contribution is -2.88. The van der Waals surface area contributed by atoms with Crippen molar-refractivity contribution in [1.82, 2.24) is 9.80 Å².